The maximum atomic E-state index is 9.82. The maximum Gasteiger partial charge on any atom is 0.161 e. The third-order valence-electron chi connectivity index (χ3n) is 2.80. The van der Waals surface area contributed by atoms with Crippen molar-refractivity contribution in [2.24, 2.45) is 0 Å². The maximum absolute atomic E-state index is 9.82. The number of aliphatic hydroxyl groups is 1. The van der Waals surface area contributed by atoms with Gasteiger partial charge in [-0.25, -0.2) is 0 Å². The highest BCUT2D eigenvalue weighted by Gasteiger charge is 2.07. The first-order chi connectivity index (χ1) is 9.77. The van der Waals surface area contributed by atoms with Gasteiger partial charge in [-0.3, -0.25) is 0 Å². The van der Waals surface area contributed by atoms with Crippen LogP contribution in [0.5, 0.6) is 11.5 Å². The molecule has 0 spiro atoms. The standard InChI is InChI=1S/C16H23NO3/c1-3-4-5-8-11-17-12-14(18)13-20-16-10-7-6-9-15(16)19-2/h1,6-7,9-10,14,17-18H,4-5,8,11-13H2,2H3. The second-order valence-corrected chi connectivity index (χ2v) is 4.48. The van der Waals surface area contributed by atoms with Crippen molar-refractivity contribution in [3.63, 3.8) is 0 Å². The third-order valence-corrected chi connectivity index (χ3v) is 2.80. The van der Waals surface area contributed by atoms with Crippen molar-refractivity contribution in [3.8, 4) is 23.8 Å². The second kappa shape index (κ2) is 10.1. The lowest BCUT2D eigenvalue weighted by atomic mass is 10.2. The Kier molecular flexibility index (Phi) is 8.28. The van der Waals surface area contributed by atoms with E-state index in [-0.39, 0.29) is 6.61 Å². The molecule has 0 heterocycles. The van der Waals surface area contributed by atoms with Crippen LogP contribution in [0, 0.1) is 12.3 Å². The summed E-state index contributed by atoms with van der Waals surface area (Å²) in [6.07, 6.45) is 7.46. The number of para-hydroxylation sites is 2. The van der Waals surface area contributed by atoms with Gasteiger partial charge in [0.05, 0.1) is 7.11 Å². The summed E-state index contributed by atoms with van der Waals surface area (Å²) >= 11 is 0. The molecule has 1 aromatic carbocycles. The molecule has 4 heteroatoms. The summed E-state index contributed by atoms with van der Waals surface area (Å²) in [7, 11) is 1.59. The van der Waals surface area contributed by atoms with Crippen LogP contribution in [-0.2, 0) is 0 Å². The zero-order valence-corrected chi connectivity index (χ0v) is 12.0. The largest absolute Gasteiger partial charge is 0.493 e. The molecular weight excluding hydrogens is 254 g/mol. The first-order valence-corrected chi connectivity index (χ1v) is 6.86. The predicted octanol–water partition coefficient (Wildman–Crippen LogP) is 1.83. The molecule has 0 aliphatic rings. The van der Waals surface area contributed by atoms with Crippen LogP contribution in [0.2, 0.25) is 0 Å². The van der Waals surface area contributed by atoms with Crippen molar-refractivity contribution in [1.82, 2.24) is 5.32 Å². The SMILES string of the molecule is C#CCCCCNCC(O)COc1ccccc1OC. The Labute approximate surface area is 121 Å². The summed E-state index contributed by atoms with van der Waals surface area (Å²) in [6, 6.07) is 7.39. The minimum absolute atomic E-state index is 0.234. The number of unbranched alkanes of at least 4 members (excludes halogenated alkanes) is 2. The quantitative estimate of drug-likeness (QED) is 0.506. The van der Waals surface area contributed by atoms with E-state index < -0.39 is 6.10 Å². The number of nitrogens with one attached hydrogen (secondary N) is 1. The van der Waals surface area contributed by atoms with Gasteiger partial charge in [0.1, 0.15) is 12.7 Å². The van der Waals surface area contributed by atoms with Crippen LogP contribution in [0.3, 0.4) is 0 Å². The summed E-state index contributed by atoms with van der Waals surface area (Å²) in [5.74, 6) is 3.92. The lowest BCUT2D eigenvalue weighted by Crippen LogP contribution is -2.32. The fourth-order valence-corrected chi connectivity index (χ4v) is 1.73. The number of ether oxygens (including phenoxy) is 2. The molecule has 1 aromatic rings. The topological polar surface area (TPSA) is 50.7 Å². The minimum Gasteiger partial charge on any atom is -0.493 e. The number of benzene rings is 1. The van der Waals surface area contributed by atoms with Crippen molar-refractivity contribution in [1.29, 1.82) is 0 Å². The highest BCUT2D eigenvalue weighted by atomic mass is 16.5. The third kappa shape index (κ3) is 6.46. The fourth-order valence-electron chi connectivity index (χ4n) is 1.73. The molecular formula is C16H23NO3. The average Bonchev–Trinajstić information content (AvgIpc) is 2.49. The number of hydrogen-bond donors (Lipinski definition) is 2. The number of aliphatic hydroxyl groups excluding tert-OH is 1. The molecule has 0 saturated carbocycles. The van der Waals surface area contributed by atoms with Gasteiger partial charge in [0.25, 0.3) is 0 Å². The number of terminal acetylenes is 1. The van der Waals surface area contributed by atoms with E-state index in [1.54, 1.807) is 7.11 Å². The lowest BCUT2D eigenvalue weighted by Gasteiger charge is -2.14. The summed E-state index contributed by atoms with van der Waals surface area (Å²) in [4.78, 5) is 0. The number of methoxy groups -OCH3 is 1. The highest BCUT2D eigenvalue weighted by Crippen LogP contribution is 2.25. The molecule has 4 nitrogen and oxygen atoms in total. The van der Waals surface area contributed by atoms with E-state index in [1.165, 1.54) is 0 Å². The van der Waals surface area contributed by atoms with Gasteiger partial charge in [-0.15, -0.1) is 12.3 Å². The number of rotatable bonds is 10. The molecule has 0 bridgehead atoms. The van der Waals surface area contributed by atoms with E-state index in [0.29, 0.717) is 18.0 Å². The molecule has 0 aliphatic carbocycles. The van der Waals surface area contributed by atoms with Crippen molar-refractivity contribution in [2.75, 3.05) is 26.8 Å². The zero-order chi connectivity index (χ0) is 14.6. The van der Waals surface area contributed by atoms with Gasteiger partial charge in [0.15, 0.2) is 11.5 Å². The molecule has 0 aromatic heterocycles. The second-order valence-electron chi connectivity index (χ2n) is 4.48. The van der Waals surface area contributed by atoms with Crippen LogP contribution in [-0.4, -0.2) is 38.0 Å². The Balaban J connectivity index is 2.16. The molecule has 0 fully saturated rings. The van der Waals surface area contributed by atoms with Gasteiger partial charge in [-0.1, -0.05) is 12.1 Å². The molecule has 0 amide bonds. The Morgan fingerprint density at radius 2 is 2.05 bits per heavy atom. The average molecular weight is 277 g/mol. The molecule has 20 heavy (non-hydrogen) atoms. The molecule has 110 valence electrons. The Hall–Kier alpha value is -1.70. The van der Waals surface area contributed by atoms with Crippen LogP contribution in [0.25, 0.3) is 0 Å². The summed E-state index contributed by atoms with van der Waals surface area (Å²) in [6.45, 7) is 1.59. The molecule has 0 aliphatic heterocycles. The first kappa shape index (κ1) is 16.4. The molecule has 1 rings (SSSR count). The molecule has 2 N–H and O–H groups in total. The van der Waals surface area contributed by atoms with Crippen molar-refractivity contribution < 1.29 is 14.6 Å². The zero-order valence-electron chi connectivity index (χ0n) is 12.0. The summed E-state index contributed by atoms with van der Waals surface area (Å²) in [5.41, 5.74) is 0. The van der Waals surface area contributed by atoms with Crippen LogP contribution in [0.15, 0.2) is 24.3 Å². The van der Waals surface area contributed by atoms with Crippen LogP contribution >= 0.6 is 0 Å². The smallest absolute Gasteiger partial charge is 0.161 e. The van der Waals surface area contributed by atoms with Crippen molar-refractivity contribution in [2.45, 2.75) is 25.4 Å². The van der Waals surface area contributed by atoms with E-state index in [0.717, 1.165) is 25.8 Å². The summed E-state index contributed by atoms with van der Waals surface area (Å²) < 4.78 is 10.7. The molecule has 0 saturated heterocycles. The van der Waals surface area contributed by atoms with E-state index in [4.69, 9.17) is 15.9 Å². The Bertz CT molecular complexity index is 414. The van der Waals surface area contributed by atoms with Gasteiger partial charge in [0, 0.05) is 13.0 Å². The Morgan fingerprint density at radius 1 is 1.30 bits per heavy atom. The first-order valence-electron chi connectivity index (χ1n) is 6.86. The fraction of sp³-hybridized carbons (Fsp3) is 0.500. The van der Waals surface area contributed by atoms with Gasteiger partial charge in [0.2, 0.25) is 0 Å². The Morgan fingerprint density at radius 3 is 2.75 bits per heavy atom. The van der Waals surface area contributed by atoms with Gasteiger partial charge >= 0.3 is 0 Å². The van der Waals surface area contributed by atoms with Crippen molar-refractivity contribution >= 4 is 0 Å². The monoisotopic (exact) mass is 277 g/mol. The van der Waals surface area contributed by atoms with Gasteiger partial charge < -0.3 is 19.9 Å². The summed E-state index contributed by atoms with van der Waals surface area (Å²) in [5, 5.41) is 13.0. The predicted molar refractivity (Wildman–Crippen MR) is 80.0 cm³/mol. The lowest BCUT2D eigenvalue weighted by molar-refractivity contribution is 0.105. The van der Waals surface area contributed by atoms with E-state index in [9.17, 15) is 5.11 Å². The van der Waals surface area contributed by atoms with Crippen molar-refractivity contribution in [3.05, 3.63) is 24.3 Å². The molecule has 1 unspecified atom stereocenters. The molecule has 0 radical (unpaired) electrons. The normalized spacial score (nSPS) is 11.7. The van der Waals surface area contributed by atoms with E-state index >= 15 is 0 Å². The molecule has 1 atom stereocenters. The van der Waals surface area contributed by atoms with E-state index in [1.807, 2.05) is 24.3 Å². The number of hydrogen-bond acceptors (Lipinski definition) is 4. The van der Waals surface area contributed by atoms with E-state index in [2.05, 4.69) is 11.2 Å². The van der Waals surface area contributed by atoms with Gasteiger partial charge in [-0.05, 0) is 31.5 Å². The highest BCUT2D eigenvalue weighted by molar-refractivity contribution is 5.39. The minimum atomic E-state index is -0.549. The van der Waals surface area contributed by atoms with Crippen LogP contribution < -0.4 is 14.8 Å². The van der Waals surface area contributed by atoms with Gasteiger partial charge in [-0.2, -0.15) is 0 Å². The van der Waals surface area contributed by atoms with Crippen LogP contribution in [0.1, 0.15) is 19.3 Å². The van der Waals surface area contributed by atoms with Crippen LogP contribution in [0.4, 0.5) is 0 Å².